The van der Waals surface area contributed by atoms with E-state index in [-0.39, 0.29) is 19.1 Å². The number of quaternary nitrogens is 1. The minimum absolute atomic E-state index is 0.00145. The second-order valence-corrected chi connectivity index (χ2v) is 25.2. The van der Waals surface area contributed by atoms with Crippen LogP contribution in [0.5, 0.6) is 0 Å². The molecular formula is C65H129N2O6P. The fourth-order valence-electron chi connectivity index (χ4n) is 10.0. The van der Waals surface area contributed by atoms with Gasteiger partial charge in [0.05, 0.1) is 39.9 Å². The first-order valence-electron chi connectivity index (χ1n) is 32.7. The van der Waals surface area contributed by atoms with E-state index in [0.29, 0.717) is 17.4 Å². The van der Waals surface area contributed by atoms with Gasteiger partial charge < -0.3 is 28.8 Å². The number of carbonyl (C=O) groups excluding carboxylic acids is 1. The van der Waals surface area contributed by atoms with Crippen molar-refractivity contribution in [1.29, 1.82) is 0 Å². The highest BCUT2D eigenvalue weighted by atomic mass is 31.2. The van der Waals surface area contributed by atoms with Gasteiger partial charge in [0.2, 0.25) is 5.91 Å². The van der Waals surface area contributed by atoms with Gasteiger partial charge in [-0.25, -0.2) is 0 Å². The number of rotatable bonds is 61. The molecule has 0 saturated carbocycles. The van der Waals surface area contributed by atoms with E-state index >= 15 is 0 Å². The number of likely N-dealkylation sites (N-methyl/N-ethyl adjacent to an activating group) is 1. The lowest BCUT2D eigenvalue weighted by Gasteiger charge is -2.29. The molecule has 0 aromatic heterocycles. The summed E-state index contributed by atoms with van der Waals surface area (Å²) < 4.78 is 23.4. The maximum absolute atomic E-state index is 13.0. The van der Waals surface area contributed by atoms with Crippen LogP contribution in [0.2, 0.25) is 0 Å². The molecule has 0 aromatic rings. The van der Waals surface area contributed by atoms with Gasteiger partial charge >= 0.3 is 0 Å². The van der Waals surface area contributed by atoms with Crippen LogP contribution in [0.3, 0.4) is 0 Å². The Morgan fingerprint density at radius 3 is 1.05 bits per heavy atom. The Hall–Kier alpha value is -1.02. The smallest absolute Gasteiger partial charge is 0.268 e. The fraction of sp³-hybridized carbons (Fsp3) is 0.923. The van der Waals surface area contributed by atoms with Crippen LogP contribution in [0.25, 0.3) is 0 Å². The fourth-order valence-corrected chi connectivity index (χ4v) is 10.8. The van der Waals surface area contributed by atoms with E-state index in [1.54, 1.807) is 6.08 Å². The Morgan fingerprint density at radius 2 is 0.743 bits per heavy atom. The SMILES string of the molecule is CCCCCCCCCCCCCC/C=C\CCCCCCCCCCCCCCCCCC(=O)NC(COP(=O)([O-])OCC[N+](C)(C)C)C(O)/C=C/CCCCCCCCCCCCCCCCCCCCC. The number of hydrogen-bond acceptors (Lipinski definition) is 6. The van der Waals surface area contributed by atoms with Crippen LogP contribution in [0.15, 0.2) is 24.3 Å². The van der Waals surface area contributed by atoms with Crippen LogP contribution in [-0.4, -0.2) is 68.5 Å². The molecule has 0 aromatic carbocycles. The summed E-state index contributed by atoms with van der Waals surface area (Å²) in [5.41, 5.74) is 0. The van der Waals surface area contributed by atoms with Crippen molar-refractivity contribution in [2.75, 3.05) is 40.9 Å². The van der Waals surface area contributed by atoms with Crippen molar-refractivity contribution >= 4 is 13.7 Å². The van der Waals surface area contributed by atoms with Gasteiger partial charge in [-0.2, -0.15) is 0 Å². The van der Waals surface area contributed by atoms with E-state index in [1.807, 2.05) is 27.2 Å². The minimum atomic E-state index is -4.60. The zero-order chi connectivity index (χ0) is 54.2. The minimum Gasteiger partial charge on any atom is -0.756 e. The third kappa shape index (κ3) is 58.7. The van der Waals surface area contributed by atoms with Crippen LogP contribution in [0, 0.1) is 0 Å². The average Bonchev–Trinajstić information content (AvgIpc) is 3.36. The molecule has 2 N–H and O–H groups in total. The molecule has 0 spiro atoms. The van der Waals surface area contributed by atoms with Crippen LogP contribution >= 0.6 is 7.82 Å². The Bertz CT molecular complexity index is 1260. The number of carbonyl (C=O) groups is 1. The third-order valence-electron chi connectivity index (χ3n) is 15.2. The summed E-state index contributed by atoms with van der Waals surface area (Å²) >= 11 is 0. The first kappa shape index (κ1) is 73.0. The molecule has 0 heterocycles. The molecule has 74 heavy (non-hydrogen) atoms. The molecule has 0 saturated heterocycles. The quantitative estimate of drug-likeness (QED) is 0.0272. The van der Waals surface area contributed by atoms with Gasteiger partial charge in [0.25, 0.3) is 7.82 Å². The topological polar surface area (TPSA) is 108 Å². The van der Waals surface area contributed by atoms with Crippen molar-refractivity contribution in [3.05, 3.63) is 24.3 Å². The molecule has 0 radical (unpaired) electrons. The number of allylic oxidation sites excluding steroid dienone is 3. The Morgan fingerprint density at radius 1 is 0.459 bits per heavy atom. The largest absolute Gasteiger partial charge is 0.756 e. The maximum Gasteiger partial charge on any atom is 0.268 e. The molecular weight excluding hydrogens is 936 g/mol. The Balaban J connectivity index is 4.06. The molecule has 0 rings (SSSR count). The Labute approximate surface area is 462 Å². The van der Waals surface area contributed by atoms with Crippen LogP contribution < -0.4 is 10.2 Å². The number of unbranched alkanes of at least 4 members (excludes halogenated alkanes) is 46. The van der Waals surface area contributed by atoms with Crippen molar-refractivity contribution in [2.45, 2.75) is 347 Å². The first-order valence-corrected chi connectivity index (χ1v) is 34.2. The van der Waals surface area contributed by atoms with E-state index in [0.717, 1.165) is 38.5 Å². The molecule has 3 atom stereocenters. The second-order valence-electron chi connectivity index (χ2n) is 23.8. The molecule has 1 amide bonds. The van der Waals surface area contributed by atoms with Crippen LogP contribution in [0.1, 0.15) is 335 Å². The van der Waals surface area contributed by atoms with Crippen molar-refractivity contribution < 1.29 is 32.9 Å². The van der Waals surface area contributed by atoms with E-state index in [1.165, 1.54) is 276 Å². The monoisotopic (exact) mass is 1060 g/mol. The standard InChI is InChI=1S/C65H129N2O6P/c1-6-8-10-12-14-16-18-20-22-24-26-28-29-30-31-32-33-34-35-36-37-39-41-43-45-47-49-51-53-55-57-59-65(69)66-63(62-73-74(70,71)72-61-60-67(3,4)5)64(68)58-56-54-52-50-48-46-44-42-40-38-27-25-23-21-19-17-15-13-11-9-7-2/h30-31,56,58,63-64,68H,6-29,32-55,57,59-62H2,1-5H3,(H-,66,69,70,71)/b31-30-,58-56+. The normalized spacial score (nSPS) is 13.9. The third-order valence-corrected chi connectivity index (χ3v) is 16.1. The number of nitrogens with zero attached hydrogens (tertiary/aromatic N) is 1. The van der Waals surface area contributed by atoms with Crippen LogP contribution in [-0.2, 0) is 18.4 Å². The van der Waals surface area contributed by atoms with Gasteiger partial charge in [0.15, 0.2) is 0 Å². The van der Waals surface area contributed by atoms with Crippen LogP contribution in [0.4, 0.5) is 0 Å². The summed E-state index contributed by atoms with van der Waals surface area (Å²) in [7, 11) is 1.28. The summed E-state index contributed by atoms with van der Waals surface area (Å²) in [6.45, 7) is 4.71. The number of amides is 1. The maximum atomic E-state index is 13.0. The van der Waals surface area contributed by atoms with E-state index in [9.17, 15) is 19.4 Å². The average molecular weight is 1070 g/mol. The molecule has 8 nitrogen and oxygen atoms in total. The molecule has 0 bridgehead atoms. The number of aliphatic hydroxyl groups is 1. The predicted molar refractivity (Wildman–Crippen MR) is 321 cm³/mol. The summed E-state index contributed by atoms with van der Waals surface area (Å²) in [6, 6.07) is -0.885. The van der Waals surface area contributed by atoms with Crippen molar-refractivity contribution in [3.63, 3.8) is 0 Å². The molecule has 0 aliphatic rings. The zero-order valence-corrected chi connectivity index (χ0v) is 51.2. The lowest BCUT2D eigenvalue weighted by molar-refractivity contribution is -0.870. The van der Waals surface area contributed by atoms with Gasteiger partial charge in [-0.15, -0.1) is 0 Å². The van der Waals surface area contributed by atoms with E-state index in [2.05, 4.69) is 31.3 Å². The number of phosphoric ester groups is 1. The zero-order valence-electron chi connectivity index (χ0n) is 50.3. The van der Waals surface area contributed by atoms with Crippen molar-refractivity contribution in [3.8, 4) is 0 Å². The molecule has 9 heteroatoms. The molecule has 3 unspecified atom stereocenters. The number of hydrogen-bond donors (Lipinski definition) is 2. The van der Waals surface area contributed by atoms with Gasteiger partial charge in [0, 0.05) is 6.42 Å². The number of nitrogens with one attached hydrogen (secondary N) is 1. The molecule has 440 valence electrons. The Kier molecular flexibility index (Phi) is 55.9. The summed E-state index contributed by atoms with van der Waals surface area (Å²) in [5.74, 6) is -0.191. The molecule has 0 aliphatic carbocycles. The van der Waals surface area contributed by atoms with Gasteiger partial charge in [-0.3, -0.25) is 9.36 Å². The van der Waals surface area contributed by atoms with Crippen molar-refractivity contribution in [2.24, 2.45) is 0 Å². The lowest BCUT2D eigenvalue weighted by atomic mass is 10.0. The second kappa shape index (κ2) is 56.7. The van der Waals surface area contributed by atoms with Gasteiger partial charge in [-0.05, 0) is 44.9 Å². The first-order chi connectivity index (χ1) is 36.0. The summed E-state index contributed by atoms with van der Waals surface area (Å²) in [4.78, 5) is 25.6. The molecule has 0 aliphatic heterocycles. The highest BCUT2D eigenvalue weighted by Crippen LogP contribution is 2.38. The van der Waals surface area contributed by atoms with Gasteiger partial charge in [-0.1, -0.05) is 308 Å². The molecule has 0 fully saturated rings. The van der Waals surface area contributed by atoms with Crippen molar-refractivity contribution in [1.82, 2.24) is 5.32 Å². The summed E-state index contributed by atoms with van der Waals surface area (Å²) in [6.07, 6.45) is 72.8. The van der Waals surface area contributed by atoms with E-state index < -0.39 is 20.0 Å². The van der Waals surface area contributed by atoms with E-state index in [4.69, 9.17) is 9.05 Å². The summed E-state index contributed by atoms with van der Waals surface area (Å²) in [5, 5.41) is 13.9. The highest BCUT2D eigenvalue weighted by molar-refractivity contribution is 7.45. The predicted octanol–water partition coefficient (Wildman–Crippen LogP) is 19.7. The number of aliphatic hydroxyl groups excluding tert-OH is 1. The highest BCUT2D eigenvalue weighted by Gasteiger charge is 2.23. The number of phosphoric acid groups is 1. The lowest BCUT2D eigenvalue weighted by Crippen LogP contribution is -2.45. The van der Waals surface area contributed by atoms with Gasteiger partial charge in [0.1, 0.15) is 13.2 Å².